The van der Waals surface area contributed by atoms with Crippen molar-refractivity contribution in [2.75, 3.05) is 0 Å². The highest BCUT2D eigenvalue weighted by molar-refractivity contribution is 5.49. The van der Waals surface area contributed by atoms with Crippen LogP contribution >= 0.6 is 0 Å². The number of nitrogens with two attached hydrogens (primary N) is 1. The van der Waals surface area contributed by atoms with Crippen LogP contribution in [0.5, 0.6) is 5.75 Å². The molecule has 0 unspecified atom stereocenters. The van der Waals surface area contributed by atoms with Crippen molar-refractivity contribution in [2.24, 2.45) is 5.73 Å². The molecular weight excluding hydrogens is 190 g/mol. The van der Waals surface area contributed by atoms with Crippen LogP contribution in [0.25, 0.3) is 5.52 Å². The van der Waals surface area contributed by atoms with Gasteiger partial charge in [0.1, 0.15) is 11.6 Å². The Labute approximate surface area is 87.4 Å². The van der Waals surface area contributed by atoms with E-state index in [0.29, 0.717) is 0 Å². The van der Waals surface area contributed by atoms with Gasteiger partial charge in [0.25, 0.3) is 0 Å². The first-order valence-corrected chi connectivity index (χ1v) is 5.14. The van der Waals surface area contributed by atoms with E-state index >= 15 is 0 Å². The first-order valence-electron chi connectivity index (χ1n) is 5.14. The maximum atomic E-state index is 9.44. The van der Waals surface area contributed by atoms with Gasteiger partial charge in [0.05, 0.1) is 23.4 Å². The topological polar surface area (TPSA) is 63.5 Å². The molecule has 0 aromatic carbocycles. The molecular formula is C11H13N3O. The third kappa shape index (κ3) is 1.15. The van der Waals surface area contributed by atoms with E-state index in [1.54, 1.807) is 18.5 Å². The van der Waals surface area contributed by atoms with Gasteiger partial charge >= 0.3 is 0 Å². The quantitative estimate of drug-likeness (QED) is 0.736. The Morgan fingerprint density at radius 2 is 2.20 bits per heavy atom. The average Bonchev–Trinajstić information content (AvgIpc) is 2.57. The molecule has 0 radical (unpaired) electrons. The Morgan fingerprint density at radius 1 is 1.40 bits per heavy atom. The molecule has 0 bridgehead atoms. The van der Waals surface area contributed by atoms with Crippen molar-refractivity contribution in [3.05, 3.63) is 30.4 Å². The molecule has 15 heavy (non-hydrogen) atoms. The van der Waals surface area contributed by atoms with Crippen molar-refractivity contribution >= 4 is 5.52 Å². The number of imidazole rings is 1. The van der Waals surface area contributed by atoms with Gasteiger partial charge in [-0.15, -0.1) is 0 Å². The number of pyridine rings is 1. The van der Waals surface area contributed by atoms with E-state index < -0.39 is 0 Å². The minimum Gasteiger partial charge on any atom is -0.506 e. The first kappa shape index (κ1) is 8.73. The predicted molar refractivity (Wildman–Crippen MR) is 56.6 cm³/mol. The van der Waals surface area contributed by atoms with Crippen LogP contribution in [0.3, 0.4) is 0 Å². The van der Waals surface area contributed by atoms with Crippen molar-refractivity contribution in [3.63, 3.8) is 0 Å². The summed E-state index contributed by atoms with van der Waals surface area (Å²) in [6.45, 7) is 0. The lowest BCUT2D eigenvalue weighted by Gasteiger charge is -2.36. The van der Waals surface area contributed by atoms with Crippen LogP contribution in [0.15, 0.2) is 24.5 Å². The molecule has 0 aliphatic heterocycles. The average molecular weight is 203 g/mol. The highest BCUT2D eigenvalue weighted by Crippen LogP contribution is 2.38. The van der Waals surface area contributed by atoms with Crippen LogP contribution in [0.1, 0.15) is 25.1 Å². The number of fused-ring (bicyclic) bond motifs is 1. The maximum absolute atomic E-state index is 9.44. The zero-order chi connectivity index (χ0) is 10.5. The molecule has 3 N–H and O–H groups in total. The molecule has 1 fully saturated rings. The van der Waals surface area contributed by atoms with E-state index in [4.69, 9.17) is 5.73 Å². The summed E-state index contributed by atoms with van der Waals surface area (Å²) in [5.41, 5.74) is 6.90. The van der Waals surface area contributed by atoms with E-state index in [2.05, 4.69) is 4.98 Å². The summed E-state index contributed by atoms with van der Waals surface area (Å²) >= 11 is 0. The van der Waals surface area contributed by atoms with Crippen molar-refractivity contribution in [2.45, 2.75) is 24.8 Å². The predicted octanol–water partition coefficient (Wildman–Crippen LogP) is 1.38. The summed E-state index contributed by atoms with van der Waals surface area (Å²) in [7, 11) is 0. The van der Waals surface area contributed by atoms with Crippen LogP contribution < -0.4 is 5.73 Å². The Hall–Kier alpha value is -1.55. The summed E-state index contributed by atoms with van der Waals surface area (Å²) < 4.78 is 1.88. The molecule has 0 amide bonds. The first-order chi connectivity index (χ1) is 7.19. The summed E-state index contributed by atoms with van der Waals surface area (Å²) in [5.74, 6) is 1.10. The number of aromatic hydroxyl groups is 1. The molecule has 2 heterocycles. The van der Waals surface area contributed by atoms with Gasteiger partial charge in [-0.25, -0.2) is 4.98 Å². The molecule has 2 aromatic rings. The molecule has 4 heteroatoms. The summed E-state index contributed by atoms with van der Waals surface area (Å²) in [6, 6.07) is 3.50. The van der Waals surface area contributed by atoms with Gasteiger partial charge in [-0.3, -0.25) is 4.40 Å². The highest BCUT2D eigenvalue weighted by Gasteiger charge is 2.37. The normalized spacial score (nSPS) is 19.0. The fraction of sp³-hybridized carbons (Fsp3) is 0.364. The second-order valence-corrected chi connectivity index (χ2v) is 4.27. The molecule has 4 nitrogen and oxygen atoms in total. The number of nitrogens with zero attached hydrogens (tertiary/aromatic N) is 2. The highest BCUT2D eigenvalue weighted by atomic mass is 16.3. The summed E-state index contributed by atoms with van der Waals surface area (Å²) in [5, 5.41) is 9.44. The molecule has 1 saturated carbocycles. The van der Waals surface area contributed by atoms with Gasteiger partial charge in [-0.1, -0.05) is 0 Å². The van der Waals surface area contributed by atoms with Crippen molar-refractivity contribution in [1.29, 1.82) is 0 Å². The molecule has 0 saturated heterocycles. The van der Waals surface area contributed by atoms with E-state index in [1.807, 2.05) is 10.5 Å². The van der Waals surface area contributed by atoms with Crippen LogP contribution in [0.2, 0.25) is 0 Å². The van der Waals surface area contributed by atoms with Gasteiger partial charge in [0.2, 0.25) is 0 Å². The van der Waals surface area contributed by atoms with E-state index in [-0.39, 0.29) is 11.3 Å². The summed E-state index contributed by atoms with van der Waals surface area (Å²) in [6.07, 6.45) is 6.57. The second kappa shape index (κ2) is 2.73. The Morgan fingerprint density at radius 3 is 2.87 bits per heavy atom. The number of rotatable bonds is 1. The molecule has 78 valence electrons. The molecule has 3 rings (SSSR count). The standard InChI is InChI=1S/C11H13N3O/c12-11(4-1-5-11)10-13-6-8-2-3-9(15)7-14(8)10/h2-3,6-7,15H,1,4-5,12H2. The van der Waals surface area contributed by atoms with Crippen LogP contribution in [-0.2, 0) is 5.54 Å². The second-order valence-electron chi connectivity index (χ2n) is 4.27. The zero-order valence-corrected chi connectivity index (χ0v) is 8.35. The SMILES string of the molecule is NC1(c2ncc3ccc(O)cn23)CCC1. The lowest BCUT2D eigenvalue weighted by molar-refractivity contribution is 0.237. The number of aromatic nitrogens is 2. The minimum absolute atomic E-state index is 0.240. The van der Waals surface area contributed by atoms with Gasteiger partial charge in [-0.05, 0) is 31.4 Å². The Bertz CT molecular complexity index is 514. The minimum atomic E-state index is -0.291. The Kier molecular flexibility index (Phi) is 1.59. The third-order valence-electron chi connectivity index (χ3n) is 3.20. The van der Waals surface area contributed by atoms with E-state index in [0.717, 1.165) is 30.6 Å². The van der Waals surface area contributed by atoms with Gasteiger partial charge in [0, 0.05) is 0 Å². The summed E-state index contributed by atoms with van der Waals surface area (Å²) in [4.78, 5) is 4.36. The zero-order valence-electron chi connectivity index (χ0n) is 8.35. The van der Waals surface area contributed by atoms with Gasteiger partial charge in [0.15, 0.2) is 0 Å². The lowest BCUT2D eigenvalue weighted by Crippen LogP contribution is -2.44. The van der Waals surface area contributed by atoms with Crippen LogP contribution in [0, 0.1) is 0 Å². The fourth-order valence-corrected chi connectivity index (χ4v) is 2.13. The Balaban J connectivity index is 2.22. The number of hydrogen-bond acceptors (Lipinski definition) is 3. The van der Waals surface area contributed by atoms with E-state index in [9.17, 15) is 5.11 Å². The molecule has 2 aromatic heterocycles. The molecule has 1 aliphatic rings. The molecule has 0 spiro atoms. The van der Waals surface area contributed by atoms with Crippen molar-refractivity contribution < 1.29 is 5.11 Å². The largest absolute Gasteiger partial charge is 0.506 e. The molecule has 0 atom stereocenters. The fourth-order valence-electron chi connectivity index (χ4n) is 2.13. The van der Waals surface area contributed by atoms with Crippen molar-refractivity contribution in [1.82, 2.24) is 9.38 Å². The van der Waals surface area contributed by atoms with E-state index in [1.165, 1.54) is 0 Å². The molecule has 1 aliphatic carbocycles. The van der Waals surface area contributed by atoms with Crippen LogP contribution in [0.4, 0.5) is 0 Å². The maximum Gasteiger partial charge on any atom is 0.133 e. The third-order valence-corrected chi connectivity index (χ3v) is 3.20. The smallest absolute Gasteiger partial charge is 0.133 e. The number of hydrogen-bond donors (Lipinski definition) is 2. The van der Waals surface area contributed by atoms with Crippen molar-refractivity contribution in [3.8, 4) is 5.75 Å². The lowest BCUT2D eigenvalue weighted by atomic mass is 9.77. The monoisotopic (exact) mass is 203 g/mol. The van der Waals surface area contributed by atoms with Gasteiger partial charge < -0.3 is 10.8 Å². The van der Waals surface area contributed by atoms with Crippen LogP contribution in [-0.4, -0.2) is 14.5 Å². The van der Waals surface area contributed by atoms with Gasteiger partial charge in [-0.2, -0.15) is 0 Å².